The zero-order valence-corrected chi connectivity index (χ0v) is 54.5. The van der Waals surface area contributed by atoms with Gasteiger partial charge < -0.3 is 33.2 Å². The zero-order valence-electron chi connectivity index (χ0n) is 50.5. The molecule has 482 valence electrons. The van der Waals surface area contributed by atoms with Gasteiger partial charge in [0.2, 0.25) is 27.5 Å². The third-order valence-electron chi connectivity index (χ3n) is 17.2. The third kappa shape index (κ3) is 14.2. The minimum atomic E-state index is -5.27. The van der Waals surface area contributed by atoms with E-state index in [2.05, 4.69) is 14.5 Å². The Balaban J connectivity index is 0.858. The summed E-state index contributed by atoms with van der Waals surface area (Å²) in [6, 6.07) is 33.2. The van der Waals surface area contributed by atoms with Crippen molar-refractivity contribution < 1.29 is 75.9 Å². The number of carbonyl (C=O) groups is 1. The molecule has 0 aliphatic carbocycles. The van der Waals surface area contributed by atoms with Crippen LogP contribution in [0.3, 0.4) is 0 Å². The second kappa shape index (κ2) is 26.9. The van der Waals surface area contributed by atoms with Gasteiger partial charge in [-0.25, -0.2) is 38.0 Å². The van der Waals surface area contributed by atoms with E-state index in [9.17, 15) is 57.4 Å². The van der Waals surface area contributed by atoms with Gasteiger partial charge in [0.05, 0.1) is 36.1 Å². The lowest BCUT2D eigenvalue weighted by atomic mass is 9.79. The van der Waals surface area contributed by atoms with E-state index in [0.717, 1.165) is 34.8 Å². The number of amides is 1. The highest BCUT2D eigenvalue weighted by atomic mass is 32.2. The summed E-state index contributed by atoms with van der Waals surface area (Å²) < 4.78 is 153. The molecule has 1 aromatic heterocycles. The molecule has 0 bridgehead atoms. The molecule has 0 unspecified atom stereocenters. The molecule has 7 aromatic rings. The van der Waals surface area contributed by atoms with Crippen LogP contribution < -0.4 is 10.2 Å². The van der Waals surface area contributed by atoms with Crippen molar-refractivity contribution in [3.63, 3.8) is 0 Å². The van der Waals surface area contributed by atoms with Crippen LogP contribution in [0.4, 0.5) is 11.4 Å². The molecular formula is C64H67N6O16S5-3. The van der Waals surface area contributed by atoms with Crippen LogP contribution in [0.2, 0.25) is 0 Å². The second-order valence-electron chi connectivity index (χ2n) is 23.7. The van der Waals surface area contributed by atoms with Crippen LogP contribution in [-0.2, 0) is 65.4 Å². The van der Waals surface area contributed by atoms with E-state index < -0.39 is 66.8 Å². The van der Waals surface area contributed by atoms with Gasteiger partial charge in [0.1, 0.15) is 26.8 Å². The van der Waals surface area contributed by atoms with Crippen molar-refractivity contribution in [1.82, 2.24) is 19.3 Å². The minimum Gasteiger partial charge on any atom is -0.748 e. The van der Waals surface area contributed by atoms with E-state index >= 15 is 0 Å². The first-order chi connectivity index (χ1) is 43.1. The maximum Gasteiger partial charge on any atom is 0.243 e. The van der Waals surface area contributed by atoms with Crippen LogP contribution >= 0.6 is 12.0 Å². The highest BCUT2D eigenvalue weighted by Crippen LogP contribution is 2.52. The molecular weight excluding hydrogens is 1270 g/mol. The first-order valence-corrected chi connectivity index (χ1v) is 36.1. The number of aromatic nitrogens is 2. The van der Waals surface area contributed by atoms with Gasteiger partial charge >= 0.3 is 0 Å². The summed E-state index contributed by atoms with van der Waals surface area (Å²) in [7, 11) is -17.7. The van der Waals surface area contributed by atoms with Crippen molar-refractivity contribution in [2.75, 3.05) is 56.2 Å². The second-order valence-corrected chi connectivity index (χ2v) is 30.7. The summed E-state index contributed by atoms with van der Waals surface area (Å²) in [6.07, 6.45) is 10.9. The number of sulfonamides is 1. The number of anilines is 1. The number of likely N-dealkylation sites (tertiary alicyclic amines) is 1. The van der Waals surface area contributed by atoms with E-state index in [1.54, 1.807) is 59.5 Å². The maximum atomic E-state index is 14.6. The number of nitrogens with zero attached hydrogens (tertiary/aromatic N) is 6. The van der Waals surface area contributed by atoms with Gasteiger partial charge in [0.15, 0.2) is 11.5 Å². The van der Waals surface area contributed by atoms with Gasteiger partial charge in [0, 0.05) is 121 Å². The summed E-state index contributed by atoms with van der Waals surface area (Å²) in [5, 5.41) is 19.5. The Hall–Kier alpha value is -6.99. The van der Waals surface area contributed by atoms with Gasteiger partial charge in [-0.1, -0.05) is 116 Å². The Morgan fingerprint density at radius 3 is 2.08 bits per heavy atom. The number of rotatable bonds is 25. The molecule has 1 amide bonds. The zero-order chi connectivity index (χ0) is 65.3. The van der Waals surface area contributed by atoms with Gasteiger partial charge in [0.25, 0.3) is 0 Å². The summed E-state index contributed by atoms with van der Waals surface area (Å²) in [5.41, 5.74) is 3.97. The fourth-order valence-corrected chi connectivity index (χ4v) is 16.5. The van der Waals surface area contributed by atoms with E-state index in [4.69, 9.17) is 9.51 Å². The van der Waals surface area contributed by atoms with Crippen LogP contribution in [0.5, 0.6) is 0 Å². The molecule has 27 heteroatoms. The first kappa shape index (κ1) is 66.9. The lowest BCUT2D eigenvalue weighted by Crippen LogP contribution is -2.38. The lowest BCUT2D eigenvalue weighted by Gasteiger charge is -2.30. The van der Waals surface area contributed by atoms with Crippen molar-refractivity contribution in [3.05, 3.63) is 185 Å². The van der Waals surface area contributed by atoms with Crippen molar-refractivity contribution in [1.29, 1.82) is 0 Å². The van der Waals surface area contributed by atoms with Crippen molar-refractivity contribution in [2.45, 2.75) is 104 Å². The van der Waals surface area contributed by atoms with Crippen LogP contribution in [0.1, 0.15) is 112 Å². The number of piperidine rings is 1. The van der Waals surface area contributed by atoms with Gasteiger partial charge in [-0.3, -0.25) is 9.83 Å². The molecule has 91 heavy (non-hydrogen) atoms. The number of carbonyl (C=O) groups excluding carboxylic acids is 1. The lowest BCUT2D eigenvalue weighted by molar-refractivity contribution is -0.777. The quantitative estimate of drug-likeness (QED) is 0.00983. The third-order valence-corrected chi connectivity index (χ3v) is 22.2. The number of hydrogen-bond donors (Lipinski definition) is 0. The molecule has 3 aliphatic heterocycles. The molecule has 0 radical (unpaired) electrons. The summed E-state index contributed by atoms with van der Waals surface area (Å²) in [4.78, 5) is 20.5. The van der Waals surface area contributed by atoms with E-state index in [-0.39, 0.29) is 65.8 Å². The molecule has 22 nitrogen and oxygen atoms in total. The van der Waals surface area contributed by atoms with Crippen LogP contribution in [-0.4, -0.2) is 134 Å². The smallest absolute Gasteiger partial charge is 0.243 e. The highest BCUT2D eigenvalue weighted by molar-refractivity contribution is 7.94. The Kier molecular flexibility index (Phi) is 19.8. The monoisotopic (exact) mass is 1340 g/mol. The molecule has 3 aliphatic rings. The van der Waals surface area contributed by atoms with Gasteiger partial charge in [-0.2, -0.15) is 13.9 Å². The predicted molar refractivity (Wildman–Crippen MR) is 338 cm³/mol. The van der Waals surface area contributed by atoms with Crippen LogP contribution in [0.15, 0.2) is 171 Å². The number of benzene rings is 6. The fraction of sp³-hybridized carbons (Fsp3) is 0.344. The molecule has 1 saturated heterocycles. The molecule has 0 N–H and O–H groups in total. The Morgan fingerprint density at radius 1 is 0.758 bits per heavy atom. The number of allylic oxidation sites excluding steroid dienone is 6. The fourth-order valence-electron chi connectivity index (χ4n) is 13.0. The van der Waals surface area contributed by atoms with Crippen molar-refractivity contribution in [3.8, 4) is 0 Å². The van der Waals surface area contributed by atoms with E-state index in [1.165, 1.54) is 17.4 Å². The normalized spacial score (nSPS) is 16.9. The standard InChI is InChI=1S/C64H70N6O16S5/c1-63(2)55(25-13-8-14-26-56-64(3,4)60-50-41-46(90(78,79)80)42-54(91(81,82)83)48(50)29-31-52(60)69(56)35-17-39-87-86-85-72)70(36-18-40-88(73,74)75)51-30-28-47-49(59(51)63)23-15-24-53(47)89(76,77)67(5)34-16-27-57(71)68-37-32-45(33-38-68)62-65-61(66-84-62)58(43-19-9-6-10-20-43)44-21-11-7-12-22-44/h6-15,19-26,28-31,41-42,45,58H,16-18,27,32-40H2,1-5H3,(H3-,72,73,74,75,78,79,80,81,82,83)/p-3. The summed E-state index contributed by atoms with van der Waals surface area (Å²) in [6.45, 7) is 9.00. The van der Waals surface area contributed by atoms with Crippen LogP contribution in [0.25, 0.3) is 21.5 Å². The topological polar surface area (TPSA) is 316 Å². The van der Waals surface area contributed by atoms with Crippen LogP contribution in [0, 0.1) is 0 Å². The molecule has 0 saturated carbocycles. The first-order valence-electron chi connectivity index (χ1n) is 29.4. The molecule has 1 fully saturated rings. The SMILES string of the molecule is CN(CCCC(=O)N1CCC(c2nc(C(c3ccccc3)c3ccccc3)no2)CC1)S(=O)(=O)c1cccc2c3c(ccc12)N(CCCS(=O)(=O)[O-])C(=CC=CC=CC1=[N+](CCCSOO[O-])c2ccc4c(S(=O)(=O)[O-])cc(S(=O)(=O)[O-])cc4c2C1(C)C)C3(C)C. The van der Waals surface area contributed by atoms with Gasteiger partial charge in [-0.05, 0) is 103 Å². The summed E-state index contributed by atoms with van der Waals surface area (Å²) >= 11 is 0.777. The minimum absolute atomic E-state index is 0.0236. The Bertz CT molecular complexity index is 4470. The average molecular weight is 1340 g/mol. The number of hydrogen-bond acceptors (Lipinski definition) is 20. The molecule has 0 spiro atoms. The van der Waals surface area contributed by atoms with E-state index in [0.29, 0.717) is 102 Å². The Morgan fingerprint density at radius 2 is 1.43 bits per heavy atom. The predicted octanol–water partition coefficient (Wildman–Crippen LogP) is 8.54. The Labute approximate surface area is 533 Å². The molecule has 6 aromatic carbocycles. The summed E-state index contributed by atoms with van der Waals surface area (Å²) in [5.74, 6) is 0.452. The van der Waals surface area contributed by atoms with Crippen molar-refractivity contribution in [2.24, 2.45) is 0 Å². The molecule has 10 rings (SSSR count). The molecule has 0 atom stereocenters. The van der Waals surface area contributed by atoms with Crippen molar-refractivity contribution >= 4 is 97.0 Å². The highest BCUT2D eigenvalue weighted by Gasteiger charge is 2.46. The van der Waals surface area contributed by atoms with E-state index in [1.807, 2.05) is 110 Å². The molecule has 4 heterocycles. The van der Waals surface area contributed by atoms with Gasteiger partial charge in [-0.15, -0.1) is 0 Å². The largest absolute Gasteiger partial charge is 0.748 e. The number of fused-ring (bicyclic) bond motifs is 6. The average Bonchev–Trinajstić information content (AvgIpc) is 1.61. The maximum absolute atomic E-state index is 14.6.